The zero-order valence-electron chi connectivity index (χ0n) is 9.12. The SMILES string of the molecule is C=C(C)C(=O)CCNCc1ccccc1. The predicted molar refractivity (Wildman–Crippen MR) is 62.6 cm³/mol. The van der Waals surface area contributed by atoms with Crippen LogP contribution in [0.5, 0.6) is 0 Å². The highest BCUT2D eigenvalue weighted by Gasteiger charge is 2.00. The van der Waals surface area contributed by atoms with Gasteiger partial charge in [0.15, 0.2) is 5.78 Å². The molecule has 0 saturated carbocycles. The van der Waals surface area contributed by atoms with E-state index >= 15 is 0 Å². The lowest BCUT2D eigenvalue weighted by atomic mass is 10.1. The molecule has 0 heterocycles. The molecule has 15 heavy (non-hydrogen) atoms. The lowest BCUT2D eigenvalue weighted by Gasteiger charge is -2.04. The van der Waals surface area contributed by atoms with Crippen molar-refractivity contribution in [3.05, 3.63) is 48.0 Å². The van der Waals surface area contributed by atoms with Crippen molar-refractivity contribution in [2.24, 2.45) is 0 Å². The Labute approximate surface area is 91.0 Å². The Morgan fingerprint density at radius 3 is 2.60 bits per heavy atom. The number of nitrogens with one attached hydrogen (secondary N) is 1. The third-order valence-electron chi connectivity index (χ3n) is 2.18. The van der Waals surface area contributed by atoms with E-state index in [4.69, 9.17) is 0 Å². The average Bonchev–Trinajstić information content (AvgIpc) is 2.25. The molecule has 80 valence electrons. The molecule has 2 nitrogen and oxygen atoms in total. The lowest BCUT2D eigenvalue weighted by molar-refractivity contribution is -0.115. The van der Waals surface area contributed by atoms with E-state index < -0.39 is 0 Å². The maximum absolute atomic E-state index is 11.2. The summed E-state index contributed by atoms with van der Waals surface area (Å²) >= 11 is 0. The minimum atomic E-state index is 0.135. The van der Waals surface area contributed by atoms with Crippen LogP contribution in [-0.4, -0.2) is 12.3 Å². The van der Waals surface area contributed by atoms with E-state index in [-0.39, 0.29) is 5.78 Å². The van der Waals surface area contributed by atoms with Crippen LogP contribution in [0.25, 0.3) is 0 Å². The Bertz CT molecular complexity index is 330. The van der Waals surface area contributed by atoms with Gasteiger partial charge in [-0.1, -0.05) is 36.9 Å². The number of benzene rings is 1. The third-order valence-corrected chi connectivity index (χ3v) is 2.18. The molecule has 2 heteroatoms. The van der Waals surface area contributed by atoms with E-state index in [2.05, 4.69) is 24.0 Å². The summed E-state index contributed by atoms with van der Waals surface area (Å²) in [7, 11) is 0. The first-order chi connectivity index (χ1) is 7.20. The molecule has 0 aromatic heterocycles. The highest BCUT2D eigenvalue weighted by atomic mass is 16.1. The van der Waals surface area contributed by atoms with E-state index in [1.54, 1.807) is 6.92 Å². The molecule has 0 fully saturated rings. The Balaban J connectivity index is 2.18. The van der Waals surface area contributed by atoms with Crippen molar-refractivity contribution in [1.82, 2.24) is 5.32 Å². The van der Waals surface area contributed by atoms with Crippen LogP contribution in [0.4, 0.5) is 0 Å². The molecular formula is C13H17NO. The fourth-order valence-corrected chi connectivity index (χ4v) is 1.24. The molecule has 0 saturated heterocycles. The first-order valence-electron chi connectivity index (χ1n) is 5.13. The summed E-state index contributed by atoms with van der Waals surface area (Å²) in [5, 5.41) is 3.23. The zero-order chi connectivity index (χ0) is 11.1. The van der Waals surface area contributed by atoms with Gasteiger partial charge in [0.1, 0.15) is 0 Å². The summed E-state index contributed by atoms with van der Waals surface area (Å²) in [6.07, 6.45) is 0.530. The molecule has 0 atom stereocenters. The topological polar surface area (TPSA) is 29.1 Å². The Morgan fingerprint density at radius 2 is 2.00 bits per heavy atom. The highest BCUT2D eigenvalue weighted by molar-refractivity contribution is 5.94. The average molecular weight is 203 g/mol. The Kier molecular flexibility index (Phi) is 4.78. The first kappa shape index (κ1) is 11.7. The van der Waals surface area contributed by atoms with Gasteiger partial charge in [-0.3, -0.25) is 4.79 Å². The maximum atomic E-state index is 11.2. The second kappa shape index (κ2) is 6.14. The van der Waals surface area contributed by atoms with Gasteiger partial charge in [-0.05, 0) is 18.1 Å². The molecule has 1 rings (SSSR count). The number of rotatable bonds is 6. The number of carbonyl (C=O) groups excluding carboxylic acids is 1. The normalized spacial score (nSPS) is 9.93. The van der Waals surface area contributed by atoms with Crippen LogP contribution >= 0.6 is 0 Å². The summed E-state index contributed by atoms with van der Waals surface area (Å²) in [5.74, 6) is 0.135. The van der Waals surface area contributed by atoms with Gasteiger partial charge in [-0.2, -0.15) is 0 Å². The van der Waals surface area contributed by atoms with Crippen LogP contribution in [0.1, 0.15) is 18.9 Å². The van der Waals surface area contributed by atoms with Crippen LogP contribution in [0.3, 0.4) is 0 Å². The molecule has 1 aromatic rings. The lowest BCUT2D eigenvalue weighted by Crippen LogP contribution is -2.17. The van der Waals surface area contributed by atoms with Crippen LogP contribution in [-0.2, 0) is 11.3 Å². The van der Waals surface area contributed by atoms with Crippen LogP contribution < -0.4 is 5.32 Å². The fraction of sp³-hybridized carbons (Fsp3) is 0.308. The third kappa shape index (κ3) is 4.56. The van der Waals surface area contributed by atoms with Gasteiger partial charge in [-0.15, -0.1) is 0 Å². The molecule has 0 aliphatic heterocycles. The predicted octanol–water partition coefficient (Wildman–Crippen LogP) is 2.31. The van der Waals surface area contributed by atoms with Crippen molar-refractivity contribution in [3.8, 4) is 0 Å². The molecule has 0 radical (unpaired) electrons. The number of carbonyl (C=O) groups is 1. The van der Waals surface area contributed by atoms with Gasteiger partial charge < -0.3 is 5.32 Å². The van der Waals surface area contributed by atoms with E-state index in [1.165, 1.54) is 5.56 Å². The summed E-state index contributed by atoms with van der Waals surface area (Å²) in [4.78, 5) is 11.2. The van der Waals surface area contributed by atoms with Gasteiger partial charge in [0.25, 0.3) is 0 Å². The maximum Gasteiger partial charge on any atom is 0.159 e. The molecular weight excluding hydrogens is 186 g/mol. The number of hydrogen-bond acceptors (Lipinski definition) is 2. The summed E-state index contributed by atoms with van der Waals surface area (Å²) in [6, 6.07) is 10.1. The molecule has 0 spiro atoms. The smallest absolute Gasteiger partial charge is 0.159 e. The first-order valence-corrected chi connectivity index (χ1v) is 5.13. The van der Waals surface area contributed by atoms with Gasteiger partial charge in [0, 0.05) is 19.5 Å². The number of allylic oxidation sites excluding steroid dienone is 1. The highest BCUT2D eigenvalue weighted by Crippen LogP contribution is 1.98. The molecule has 0 bridgehead atoms. The molecule has 1 N–H and O–H groups in total. The van der Waals surface area contributed by atoms with E-state index in [9.17, 15) is 4.79 Å². The van der Waals surface area contributed by atoms with Crippen LogP contribution in [0, 0.1) is 0 Å². The van der Waals surface area contributed by atoms with Gasteiger partial charge in [-0.25, -0.2) is 0 Å². The summed E-state index contributed by atoms with van der Waals surface area (Å²) < 4.78 is 0. The van der Waals surface area contributed by atoms with Crippen LogP contribution in [0.15, 0.2) is 42.5 Å². The Hall–Kier alpha value is -1.41. The fourth-order valence-electron chi connectivity index (χ4n) is 1.24. The molecule has 1 aromatic carbocycles. The number of hydrogen-bond donors (Lipinski definition) is 1. The van der Waals surface area contributed by atoms with Crippen molar-refractivity contribution in [2.75, 3.05) is 6.54 Å². The van der Waals surface area contributed by atoms with Gasteiger partial charge >= 0.3 is 0 Å². The van der Waals surface area contributed by atoms with E-state index in [0.29, 0.717) is 18.5 Å². The zero-order valence-corrected chi connectivity index (χ0v) is 9.12. The van der Waals surface area contributed by atoms with Crippen molar-refractivity contribution >= 4 is 5.78 Å². The van der Waals surface area contributed by atoms with Crippen molar-refractivity contribution in [3.63, 3.8) is 0 Å². The number of ketones is 1. The standard InChI is InChI=1S/C13H17NO/c1-11(2)13(15)8-9-14-10-12-6-4-3-5-7-12/h3-7,14H,1,8-10H2,2H3. The molecule has 0 aliphatic rings. The summed E-state index contributed by atoms with van der Waals surface area (Å²) in [5.41, 5.74) is 1.87. The van der Waals surface area contributed by atoms with Crippen molar-refractivity contribution < 1.29 is 4.79 Å². The number of Topliss-reactive ketones (excluding diaryl/α,β-unsaturated/α-hetero) is 1. The van der Waals surface area contributed by atoms with Gasteiger partial charge in [0.2, 0.25) is 0 Å². The molecule has 0 amide bonds. The van der Waals surface area contributed by atoms with E-state index in [1.807, 2.05) is 18.2 Å². The monoisotopic (exact) mass is 203 g/mol. The minimum Gasteiger partial charge on any atom is -0.312 e. The largest absolute Gasteiger partial charge is 0.312 e. The quantitative estimate of drug-likeness (QED) is 0.568. The summed E-state index contributed by atoms with van der Waals surface area (Å²) in [6.45, 7) is 6.88. The van der Waals surface area contributed by atoms with Gasteiger partial charge in [0.05, 0.1) is 0 Å². The van der Waals surface area contributed by atoms with Crippen molar-refractivity contribution in [2.45, 2.75) is 19.9 Å². The molecule has 0 aliphatic carbocycles. The Morgan fingerprint density at radius 1 is 1.33 bits per heavy atom. The second-order valence-corrected chi connectivity index (χ2v) is 3.62. The van der Waals surface area contributed by atoms with Crippen LogP contribution in [0.2, 0.25) is 0 Å². The van der Waals surface area contributed by atoms with Crippen molar-refractivity contribution in [1.29, 1.82) is 0 Å². The molecule has 0 unspecified atom stereocenters. The van der Waals surface area contributed by atoms with E-state index in [0.717, 1.165) is 6.54 Å². The minimum absolute atomic E-state index is 0.135. The second-order valence-electron chi connectivity index (χ2n) is 3.62.